The Kier molecular flexibility index (Phi) is 6.83. The van der Waals surface area contributed by atoms with Gasteiger partial charge < -0.3 is 14.4 Å². The summed E-state index contributed by atoms with van der Waals surface area (Å²) in [7, 11) is 6.94. The minimum absolute atomic E-state index is 0.211. The first-order valence-electron chi connectivity index (χ1n) is 15.0. The quantitative estimate of drug-likeness (QED) is 0.252. The van der Waals surface area contributed by atoms with E-state index in [0.717, 1.165) is 49.6 Å². The lowest BCUT2D eigenvalue weighted by molar-refractivity contribution is 0.0383. The Morgan fingerprint density at radius 2 is 1.93 bits per heavy atom. The number of nitrogens with zero attached hydrogens (tertiary/aromatic N) is 8. The van der Waals surface area contributed by atoms with Crippen LogP contribution in [-0.2, 0) is 16.5 Å². The Balaban J connectivity index is 1.55. The number of rotatable bonds is 6. The number of carbonyl (C=O) groups is 1. The SMILES string of the molecule is COC(=O)O[C@@H]1CC[C@@H](n2c(=O)[nH]c(N(C)C)c3cnc4nc(-c5cnn(C)c5)c(-c5ccc6c(cnn6C(C)C)c5)c4c32)C1. The van der Waals surface area contributed by atoms with Gasteiger partial charge in [-0.2, -0.15) is 10.2 Å². The van der Waals surface area contributed by atoms with Crippen LogP contribution >= 0.6 is 0 Å². The predicted molar refractivity (Wildman–Crippen MR) is 171 cm³/mol. The van der Waals surface area contributed by atoms with Crippen molar-refractivity contribution in [3.05, 3.63) is 53.5 Å². The molecule has 6 aromatic rings. The highest BCUT2D eigenvalue weighted by molar-refractivity contribution is 6.16. The van der Waals surface area contributed by atoms with Crippen molar-refractivity contribution in [1.82, 2.24) is 39.1 Å². The maximum Gasteiger partial charge on any atom is 0.508 e. The fourth-order valence-electron chi connectivity index (χ4n) is 6.64. The van der Waals surface area contributed by atoms with E-state index in [1.165, 1.54) is 7.11 Å². The van der Waals surface area contributed by atoms with E-state index < -0.39 is 6.16 Å². The van der Waals surface area contributed by atoms with Crippen molar-refractivity contribution in [3.8, 4) is 22.4 Å². The second-order valence-electron chi connectivity index (χ2n) is 12.1. The van der Waals surface area contributed by atoms with Gasteiger partial charge in [0.2, 0.25) is 0 Å². The first-order valence-corrected chi connectivity index (χ1v) is 15.0. The summed E-state index contributed by atoms with van der Waals surface area (Å²) in [6.45, 7) is 4.21. The summed E-state index contributed by atoms with van der Waals surface area (Å²) in [5, 5.41) is 11.6. The summed E-state index contributed by atoms with van der Waals surface area (Å²) in [5.74, 6) is 0.643. The molecule has 45 heavy (non-hydrogen) atoms. The molecule has 0 amide bonds. The van der Waals surface area contributed by atoms with Crippen LogP contribution < -0.4 is 10.6 Å². The van der Waals surface area contributed by atoms with Crippen LogP contribution in [0.25, 0.3) is 55.2 Å². The molecular weight excluding hydrogens is 574 g/mol. The third kappa shape index (κ3) is 4.69. The van der Waals surface area contributed by atoms with Gasteiger partial charge in [-0.1, -0.05) is 6.07 Å². The number of aryl methyl sites for hydroxylation is 1. The highest BCUT2D eigenvalue weighted by Gasteiger charge is 2.33. The summed E-state index contributed by atoms with van der Waals surface area (Å²) >= 11 is 0. The fraction of sp³-hybridized carbons (Fsp3) is 0.375. The Morgan fingerprint density at radius 3 is 2.64 bits per heavy atom. The Hall–Kier alpha value is -5.20. The van der Waals surface area contributed by atoms with E-state index in [9.17, 15) is 9.59 Å². The average Bonchev–Trinajstić information content (AvgIpc) is 3.81. The minimum Gasteiger partial charge on any atom is -0.438 e. The van der Waals surface area contributed by atoms with Gasteiger partial charge in [-0.15, -0.1) is 0 Å². The number of fused-ring (bicyclic) bond motifs is 4. The van der Waals surface area contributed by atoms with E-state index in [1.807, 2.05) is 43.1 Å². The average molecular weight is 610 g/mol. The summed E-state index contributed by atoms with van der Waals surface area (Å²) in [6, 6.07) is 6.26. The highest BCUT2D eigenvalue weighted by atomic mass is 16.7. The Morgan fingerprint density at radius 1 is 1.11 bits per heavy atom. The molecule has 1 saturated carbocycles. The van der Waals surface area contributed by atoms with Crippen LogP contribution in [0.1, 0.15) is 45.2 Å². The van der Waals surface area contributed by atoms with Gasteiger partial charge in [0, 0.05) is 68.6 Å². The second kappa shape index (κ2) is 10.8. The normalized spacial score (nSPS) is 16.8. The second-order valence-corrected chi connectivity index (χ2v) is 12.1. The Labute approximate surface area is 258 Å². The molecule has 1 aliphatic rings. The number of ether oxygens (including phenoxy) is 2. The largest absolute Gasteiger partial charge is 0.508 e. The number of anilines is 1. The molecule has 0 bridgehead atoms. The van der Waals surface area contributed by atoms with E-state index in [4.69, 9.17) is 19.4 Å². The van der Waals surface area contributed by atoms with E-state index in [-0.39, 0.29) is 23.9 Å². The molecule has 1 aromatic carbocycles. The zero-order valence-corrected chi connectivity index (χ0v) is 26.1. The monoisotopic (exact) mass is 609 g/mol. The molecule has 0 spiro atoms. The van der Waals surface area contributed by atoms with Crippen LogP contribution in [0.4, 0.5) is 10.6 Å². The highest BCUT2D eigenvalue weighted by Crippen LogP contribution is 2.44. The molecule has 1 N–H and O–H groups in total. The molecule has 0 unspecified atom stereocenters. The smallest absolute Gasteiger partial charge is 0.438 e. The van der Waals surface area contributed by atoms with E-state index >= 15 is 0 Å². The number of benzene rings is 1. The number of hydrogen-bond donors (Lipinski definition) is 1. The molecule has 1 aliphatic carbocycles. The van der Waals surface area contributed by atoms with Crippen molar-refractivity contribution in [2.75, 3.05) is 26.1 Å². The molecule has 13 heteroatoms. The Bertz CT molecular complexity index is 2150. The van der Waals surface area contributed by atoms with Gasteiger partial charge in [-0.05, 0) is 44.4 Å². The maximum absolute atomic E-state index is 14.0. The van der Waals surface area contributed by atoms with Crippen LogP contribution in [0, 0.1) is 0 Å². The van der Waals surface area contributed by atoms with Crippen molar-refractivity contribution >= 4 is 44.8 Å². The van der Waals surface area contributed by atoms with Crippen LogP contribution in [0.15, 0.2) is 47.8 Å². The first-order chi connectivity index (χ1) is 21.6. The molecule has 2 atom stereocenters. The standard InChI is InChI=1S/C32H35N9O4/c1-17(2)41-24-10-7-18(11-19(24)13-35-41)25-26-28-23(15-33-29(26)36-27(25)20-14-34-39(5)16-20)30(38(3)4)37-31(42)40(28)21-8-9-22(12-21)45-32(43)44-6/h7,10-11,13-17,21-22H,8-9,12H2,1-6H3,(H,37,42)/t21-,22-/m1/s1. The fourth-order valence-corrected chi connectivity index (χ4v) is 6.64. The van der Waals surface area contributed by atoms with Gasteiger partial charge in [0.15, 0.2) is 5.65 Å². The third-order valence-corrected chi connectivity index (χ3v) is 8.63. The number of pyridine rings is 1. The number of methoxy groups -OCH3 is 1. The molecular formula is C32H35N9O4. The van der Waals surface area contributed by atoms with Gasteiger partial charge in [0.05, 0.1) is 47.0 Å². The molecule has 0 saturated heterocycles. The van der Waals surface area contributed by atoms with Gasteiger partial charge in [0.1, 0.15) is 11.9 Å². The van der Waals surface area contributed by atoms with Crippen molar-refractivity contribution in [2.24, 2.45) is 7.05 Å². The van der Waals surface area contributed by atoms with E-state index in [0.29, 0.717) is 30.7 Å². The summed E-state index contributed by atoms with van der Waals surface area (Å²) in [4.78, 5) is 40.8. The first kappa shape index (κ1) is 28.6. The van der Waals surface area contributed by atoms with Crippen molar-refractivity contribution in [3.63, 3.8) is 0 Å². The number of hydrogen-bond acceptors (Lipinski definition) is 9. The topological polar surface area (TPSA) is 138 Å². The molecule has 0 aliphatic heterocycles. The summed E-state index contributed by atoms with van der Waals surface area (Å²) < 4.78 is 15.8. The van der Waals surface area contributed by atoms with Gasteiger partial charge >= 0.3 is 11.8 Å². The molecule has 232 valence electrons. The van der Waals surface area contributed by atoms with Gasteiger partial charge in [-0.25, -0.2) is 19.6 Å². The molecule has 5 aromatic heterocycles. The van der Waals surface area contributed by atoms with Crippen LogP contribution in [-0.4, -0.2) is 72.5 Å². The summed E-state index contributed by atoms with van der Waals surface area (Å²) in [5.41, 5.74) is 5.39. The number of aromatic amines is 1. The molecule has 13 nitrogen and oxygen atoms in total. The summed E-state index contributed by atoms with van der Waals surface area (Å²) in [6.07, 6.45) is 8.03. The predicted octanol–water partition coefficient (Wildman–Crippen LogP) is 5.21. The third-order valence-electron chi connectivity index (χ3n) is 8.63. The zero-order chi connectivity index (χ0) is 31.6. The van der Waals surface area contributed by atoms with Crippen LogP contribution in [0.5, 0.6) is 0 Å². The van der Waals surface area contributed by atoms with E-state index in [2.05, 4.69) is 47.2 Å². The van der Waals surface area contributed by atoms with Crippen molar-refractivity contribution < 1.29 is 14.3 Å². The minimum atomic E-state index is -0.723. The van der Waals surface area contributed by atoms with Gasteiger partial charge in [-0.3, -0.25) is 18.9 Å². The van der Waals surface area contributed by atoms with Crippen molar-refractivity contribution in [1.29, 1.82) is 0 Å². The lowest BCUT2D eigenvalue weighted by atomic mass is 9.97. The number of H-pyrrole nitrogens is 1. The number of carbonyl (C=O) groups excluding carboxylic acids is 1. The van der Waals surface area contributed by atoms with Crippen molar-refractivity contribution in [2.45, 2.75) is 51.3 Å². The molecule has 0 radical (unpaired) electrons. The van der Waals surface area contributed by atoms with E-state index in [1.54, 1.807) is 21.6 Å². The lowest BCUT2D eigenvalue weighted by Gasteiger charge is -2.22. The zero-order valence-electron chi connectivity index (χ0n) is 26.1. The molecule has 7 rings (SSSR count). The van der Waals surface area contributed by atoms with Crippen LogP contribution in [0.2, 0.25) is 0 Å². The van der Waals surface area contributed by atoms with Crippen LogP contribution in [0.3, 0.4) is 0 Å². The lowest BCUT2D eigenvalue weighted by Crippen LogP contribution is -2.29. The maximum atomic E-state index is 14.0. The number of aromatic nitrogens is 8. The van der Waals surface area contributed by atoms with Gasteiger partial charge in [0.25, 0.3) is 0 Å². The number of nitrogens with one attached hydrogen (secondary N) is 1. The molecule has 5 heterocycles. The molecule has 1 fully saturated rings.